The van der Waals surface area contributed by atoms with Crippen LogP contribution in [0.15, 0.2) is 53.7 Å². The Morgan fingerprint density at radius 3 is 2.44 bits per heavy atom. The number of aliphatic carboxylic acids is 1. The van der Waals surface area contributed by atoms with E-state index in [0.29, 0.717) is 23.8 Å². The standard InChI is InChI=1S/C31H37F2N5O7/c1-44-17-25-27(29(40)41)28(21-7-8-23(32)24(33)16-21)38(31(43)36-25)30(42)34-11-4-12-37-13-9-19(10-14-37)20-5-3-6-22(15-20)35-26(39)18-45-2/h3,5-8,15-16,19,28H,4,9-14,17-18H2,1-2H3,(H,34,42)(H,35,39)(H,36,43)(H,40,41)/t28-/m0/s1. The zero-order valence-electron chi connectivity index (χ0n) is 25.1. The third kappa shape index (κ3) is 8.41. The normalized spacial score (nSPS) is 17.6. The van der Waals surface area contributed by atoms with E-state index in [1.807, 2.05) is 18.2 Å². The van der Waals surface area contributed by atoms with E-state index in [0.717, 1.165) is 55.4 Å². The van der Waals surface area contributed by atoms with Gasteiger partial charge < -0.3 is 35.4 Å². The Labute approximate surface area is 259 Å². The summed E-state index contributed by atoms with van der Waals surface area (Å²) in [5, 5.41) is 17.8. The van der Waals surface area contributed by atoms with Gasteiger partial charge in [-0.15, -0.1) is 0 Å². The topological polar surface area (TPSA) is 150 Å². The second-order valence-corrected chi connectivity index (χ2v) is 10.8. The lowest BCUT2D eigenvalue weighted by Gasteiger charge is -2.36. The first-order valence-electron chi connectivity index (χ1n) is 14.5. The smallest absolute Gasteiger partial charge is 0.335 e. The van der Waals surface area contributed by atoms with Crippen molar-refractivity contribution in [3.05, 3.63) is 76.5 Å². The number of halogens is 2. The lowest BCUT2D eigenvalue weighted by molar-refractivity contribution is -0.133. The van der Waals surface area contributed by atoms with Crippen molar-refractivity contribution in [2.45, 2.75) is 31.2 Å². The molecule has 0 bridgehead atoms. The zero-order valence-corrected chi connectivity index (χ0v) is 25.1. The van der Waals surface area contributed by atoms with Gasteiger partial charge in [-0.2, -0.15) is 0 Å². The van der Waals surface area contributed by atoms with Crippen LogP contribution in [0.5, 0.6) is 0 Å². The first-order chi connectivity index (χ1) is 21.6. The molecule has 2 heterocycles. The molecule has 14 heteroatoms. The molecule has 0 aliphatic carbocycles. The van der Waals surface area contributed by atoms with E-state index in [4.69, 9.17) is 9.47 Å². The molecule has 2 aliphatic heterocycles. The number of imide groups is 1. The number of carboxylic acids is 1. The predicted molar refractivity (Wildman–Crippen MR) is 159 cm³/mol. The first kappa shape index (κ1) is 33.5. The van der Waals surface area contributed by atoms with Crippen molar-refractivity contribution in [2.75, 3.05) is 58.9 Å². The maximum Gasteiger partial charge on any atom is 0.335 e. The molecule has 5 amide bonds. The number of urea groups is 2. The van der Waals surface area contributed by atoms with Gasteiger partial charge in [-0.3, -0.25) is 4.79 Å². The minimum atomic E-state index is -1.53. The Morgan fingerprint density at radius 2 is 1.78 bits per heavy atom. The average molecular weight is 630 g/mol. The van der Waals surface area contributed by atoms with E-state index < -0.39 is 41.3 Å². The lowest BCUT2D eigenvalue weighted by atomic mass is 9.89. The molecule has 0 saturated carbocycles. The van der Waals surface area contributed by atoms with Crippen LogP contribution in [0.4, 0.5) is 24.1 Å². The number of likely N-dealkylation sites (tertiary alicyclic amines) is 1. The Hall–Kier alpha value is -4.40. The fraction of sp³-hybridized carbons (Fsp3) is 0.419. The highest BCUT2D eigenvalue weighted by molar-refractivity contribution is 6.01. The molecule has 45 heavy (non-hydrogen) atoms. The highest BCUT2D eigenvalue weighted by atomic mass is 19.2. The Morgan fingerprint density at radius 1 is 1.02 bits per heavy atom. The maximum absolute atomic E-state index is 14.2. The molecule has 0 unspecified atom stereocenters. The van der Waals surface area contributed by atoms with Crippen molar-refractivity contribution in [1.29, 1.82) is 0 Å². The van der Waals surface area contributed by atoms with Crippen LogP contribution in [0.2, 0.25) is 0 Å². The molecule has 4 rings (SSSR count). The van der Waals surface area contributed by atoms with Crippen molar-refractivity contribution < 1.29 is 42.5 Å². The van der Waals surface area contributed by atoms with Crippen molar-refractivity contribution in [2.24, 2.45) is 0 Å². The van der Waals surface area contributed by atoms with Crippen LogP contribution < -0.4 is 16.0 Å². The van der Waals surface area contributed by atoms with Gasteiger partial charge in [0.2, 0.25) is 5.91 Å². The SMILES string of the molecule is COCC(=O)Nc1cccc(C2CCN(CCCNC(=O)N3C(=O)NC(COC)=C(C(=O)O)[C@@H]3c3ccc(F)c(F)c3)CC2)c1. The van der Waals surface area contributed by atoms with E-state index in [1.165, 1.54) is 14.2 Å². The number of nitrogens with zero attached hydrogens (tertiary/aromatic N) is 2. The van der Waals surface area contributed by atoms with Gasteiger partial charge >= 0.3 is 18.0 Å². The number of carbonyl (C=O) groups excluding carboxylic acids is 3. The molecule has 2 aromatic rings. The average Bonchev–Trinajstić information content (AvgIpc) is 3.01. The predicted octanol–water partition coefficient (Wildman–Crippen LogP) is 3.58. The number of benzene rings is 2. The minimum Gasteiger partial charge on any atom is -0.478 e. The summed E-state index contributed by atoms with van der Waals surface area (Å²) >= 11 is 0. The monoisotopic (exact) mass is 629 g/mol. The van der Waals surface area contributed by atoms with E-state index in [9.17, 15) is 33.1 Å². The summed E-state index contributed by atoms with van der Waals surface area (Å²) in [5.74, 6) is -3.74. The summed E-state index contributed by atoms with van der Waals surface area (Å²) in [4.78, 5) is 53.3. The van der Waals surface area contributed by atoms with Crippen molar-refractivity contribution in [3.63, 3.8) is 0 Å². The number of piperidine rings is 1. The lowest BCUT2D eigenvalue weighted by Crippen LogP contribution is -2.55. The van der Waals surface area contributed by atoms with Crippen molar-refractivity contribution in [1.82, 2.24) is 20.4 Å². The summed E-state index contributed by atoms with van der Waals surface area (Å²) in [7, 11) is 2.77. The maximum atomic E-state index is 14.2. The number of methoxy groups -OCH3 is 2. The number of carbonyl (C=O) groups is 4. The summed E-state index contributed by atoms with van der Waals surface area (Å²) in [6, 6.07) is 7.16. The largest absolute Gasteiger partial charge is 0.478 e. The molecule has 0 aromatic heterocycles. The number of rotatable bonds is 12. The number of nitrogens with one attached hydrogen (secondary N) is 3. The molecule has 242 valence electrons. The molecule has 1 atom stereocenters. The van der Waals surface area contributed by atoms with Gasteiger partial charge in [0, 0.05) is 26.5 Å². The summed E-state index contributed by atoms with van der Waals surface area (Å²) in [6.07, 6.45) is 2.39. The fourth-order valence-electron chi connectivity index (χ4n) is 5.65. The molecule has 2 aromatic carbocycles. The third-order valence-electron chi connectivity index (χ3n) is 7.76. The third-order valence-corrected chi connectivity index (χ3v) is 7.76. The molecule has 0 radical (unpaired) electrons. The molecular formula is C31H37F2N5O7. The van der Waals surface area contributed by atoms with E-state index in [2.05, 4.69) is 26.9 Å². The number of anilines is 1. The highest BCUT2D eigenvalue weighted by Crippen LogP contribution is 2.35. The molecule has 12 nitrogen and oxygen atoms in total. The Kier molecular flexibility index (Phi) is 11.6. The molecule has 2 aliphatic rings. The van der Waals surface area contributed by atoms with Crippen LogP contribution in [-0.2, 0) is 19.1 Å². The van der Waals surface area contributed by atoms with Crippen molar-refractivity contribution >= 4 is 29.6 Å². The summed E-state index contributed by atoms with van der Waals surface area (Å²) in [6.45, 7) is 2.24. The van der Waals surface area contributed by atoms with Gasteiger partial charge in [-0.05, 0) is 80.2 Å². The number of ether oxygens (including phenoxy) is 2. The van der Waals surface area contributed by atoms with E-state index >= 15 is 0 Å². The van der Waals surface area contributed by atoms with Crippen LogP contribution >= 0.6 is 0 Å². The van der Waals surface area contributed by atoms with E-state index in [-0.39, 0.29) is 36.9 Å². The second kappa shape index (κ2) is 15.5. The van der Waals surface area contributed by atoms with Crippen LogP contribution in [-0.4, -0.2) is 92.5 Å². The molecule has 1 saturated heterocycles. The van der Waals surface area contributed by atoms with Gasteiger partial charge in [-0.25, -0.2) is 28.1 Å². The highest BCUT2D eigenvalue weighted by Gasteiger charge is 2.42. The Bertz CT molecular complexity index is 1450. The van der Waals surface area contributed by atoms with Gasteiger partial charge in [0.1, 0.15) is 12.6 Å². The molecule has 1 fully saturated rings. The Balaban J connectivity index is 1.34. The van der Waals surface area contributed by atoms with E-state index in [1.54, 1.807) is 0 Å². The number of amides is 5. The summed E-state index contributed by atoms with van der Waals surface area (Å²) < 4.78 is 37.7. The van der Waals surface area contributed by atoms with Crippen LogP contribution in [0.3, 0.4) is 0 Å². The first-order valence-corrected chi connectivity index (χ1v) is 14.5. The minimum absolute atomic E-state index is 0.0150. The number of hydrogen-bond acceptors (Lipinski definition) is 7. The van der Waals surface area contributed by atoms with Crippen molar-refractivity contribution in [3.8, 4) is 0 Å². The molecular weight excluding hydrogens is 592 g/mol. The van der Waals surface area contributed by atoms with Crippen LogP contribution in [0, 0.1) is 11.6 Å². The van der Waals surface area contributed by atoms with Gasteiger partial charge in [0.25, 0.3) is 0 Å². The number of carboxylic acid groups (broad SMARTS) is 1. The van der Waals surface area contributed by atoms with Crippen LogP contribution in [0.25, 0.3) is 0 Å². The second-order valence-electron chi connectivity index (χ2n) is 10.8. The van der Waals surface area contributed by atoms with Crippen LogP contribution in [0.1, 0.15) is 42.3 Å². The molecule has 4 N–H and O–H groups in total. The molecule has 0 spiro atoms. The van der Waals surface area contributed by atoms with Gasteiger partial charge in [-0.1, -0.05) is 18.2 Å². The zero-order chi connectivity index (χ0) is 32.5. The quantitative estimate of drug-likeness (QED) is 0.261. The fourth-order valence-corrected chi connectivity index (χ4v) is 5.65. The summed E-state index contributed by atoms with van der Waals surface area (Å²) in [5.41, 5.74) is 1.29. The van der Waals surface area contributed by atoms with Gasteiger partial charge in [0.05, 0.1) is 17.9 Å². The van der Waals surface area contributed by atoms with Gasteiger partial charge in [0.15, 0.2) is 11.6 Å². The number of hydrogen-bond donors (Lipinski definition) is 4.